The van der Waals surface area contributed by atoms with Crippen molar-refractivity contribution in [3.05, 3.63) is 65.9 Å². The van der Waals surface area contributed by atoms with Gasteiger partial charge in [-0.1, -0.05) is 42.0 Å². The Morgan fingerprint density at radius 3 is 2.16 bits per heavy atom. The number of nitrogens with zero attached hydrogens (tertiary/aromatic N) is 4. The largest absolute Gasteiger partial charge is 0.506 e. The van der Waals surface area contributed by atoms with E-state index in [-0.39, 0.29) is 28.0 Å². The van der Waals surface area contributed by atoms with Crippen LogP contribution in [0.3, 0.4) is 0 Å². The molecule has 0 aliphatic heterocycles. The third-order valence-corrected chi connectivity index (χ3v) is 5.66. The molecule has 0 saturated carbocycles. The lowest BCUT2D eigenvalue weighted by molar-refractivity contribution is 0.434. The van der Waals surface area contributed by atoms with E-state index in [4.69, 9.17) is 0 Å². The number of benzene rings is 3. The highest BCUT2D eigenvalue weighted by atomic mass is 32.2. The number of azo groups is 1. The van der Waals surface area contributed by atoms with E-state index in [9.17, 15) is 23.2 Å². The van der Waals surface area contributed by atoms with Gasteiger partial charge in [-0.05, 0) is 26.0 Å². The maximum absolute atomic E-state index is 11.7. The summed E-state index contributed by atoms with van der Waals surface area (Å²) in [6.45, 7) is 3.60. The third kappa shape index (κ3) is 3.74. The summed E-state index contributed by atoms with van der Waals surface area (Å²) < 4.78 is 34.2. The molecule has 9 nitrogen and oxygen atoms in total. The molecule has 0 radical (unpaired) electrons. The molecule has 10 heteroatoms. The van der Waals surface area contributed by atoms with Gasteiger partial charge in [-0.3, -0.25) is 4.55 Å². The Morgan fingerprint density at radius 2 is 1.52 bits per heavy atom. The molecule has 0 aliphatic rings. The monoisotopic (exact) mass is 438 g/mol. The summed E-state index contributed by atoms with van der Waals surface area (Å²) in [4.78, 5) is -0.439. The van der Waals surface area contributed by atoms with E-state index in [1.165, 1.54) is 10.7 Å². The van der Waals surface area contributed by atoms with Gasteiger partial charge in [-0.25, -0.2) is 0 Å². The fourth-order valence-electron chi connectivity index (χ4n) is 3.22. The van der Waals surface area contributed by atoms with Crippen molar-refractivity contribution in [1.29, 1.82) is 0 Å². The normalized spacial score (nSPS) is 12.1. The van der Waals surface area contributed by atoms with Crippen molar-refractivity contribution in [2.45, 2.75) is 18.7 Å². The Hall–Kier alpha value is -3.76. The van der Waals surface area contributed by atoms with Crippen molar-refractivity contribution in [2.75, 3.05) is 0 Å². The van der Waals surface area contributed by atoms with Crippen LogP contribution in [-0.2, 0) is 10.1 Å². The molecule has 158 valence electrons. The molecule has 0 amide bonds. The first-order chi connectivity index (χ1) is 14.7. The summed E-state index contributed by atoms with van der Waals surface area (Å²) in [5.41, 5.74) is 2.19. The van der Waals surface area contributed by atoms with Crippen LogP contribution in [-0.4, -0.2) is 33.0 Å². The van der Waals surface area contributed by atoms with Gasteiger partial charge in [0.1, 0.15) is 16.3 Å². The molecule has 0 bridgehead atoms. The summed E-state index contributed by atoms with van der Waals surface area (Å²) in [6.07, 6.45) is 0. The van der Waals surface area contributed by atoms with E-state index in [1.807, 2.05) is 19.1 Å². The highest BCUT2D eigenvalue weighted by Crippen LogP contribution is 2.41. The lowest BCUT2D eigenvalue weighted by Gasteiger charge is -2.08. The fourth-order valence-corrected chi connectivity index (χ4v) is 3.94. The number of fused-ring (bicyclic) bond motifs is 1. The molecule has 0 aliphatic carbocycles. The molecule has 31 heavy (non-hydrogen) atoms. The average Bonchev–Trinajstić information content (AvgIpc) is 3.00. The number of aromatic nitrogens is 2. The van der Waals surface area contributed by atoms with Gasteiger partial charge >= 0.3 is 0 Å². The van der Waals surface area contributed by atoms with Crippen LogP contribution in [0, 0.1) is 13.8 Å². The molecule has 3 N–H and O–H groups in total. The topological polar surface area (TPSA) is 137 Å². The maximum Gasteiger partial charge on any atom is 0.295 e. The van der Waals surface area contributed by atoms with Crippen molar-refractivity contribution in [3.63, 3.8) is 0 Å². The van der Waals surface area contributed by atoms with Crippen LogP contribution in [0.2, 0.25) is 0 Å². The molecule has 0 unspecified atom stereocenters. The Labute approximate surface area is 177 Å². The Balaban J connectivity index is 1.83. The molecular formula is C21H18N4O5S. The van der Waals surface area contributed by atoms with Crippen LogP contribution in [0.15, 0.2) is 69.7 Å². The summed E-state index contributed by atoms with van der Waals surface area (Å²) in [5.74, 6) is -0.721. The van der Waals surface area contributed by atoms with E-state index in [1.54, 1.807) is 37.3 Å². The van der Waals surface area contributed by atoms with E-state index in [2.05, 4.69) is 15.3 Å². The molecular weight excluding hydrogens is 420 g/mol. The van der Waals surface area contributed by atoms with Crippen molar-refractivity contribution in [2.24, 2.45) is 10.2 Å². The molecule has 0 fully saturated rings. The van der Waals surface area contributed by atoms with Crippen LogP contribution in [0.4, 0.5) is 11.4 Å². The van der Waals surface area contributed by atoms with Crippen LogP contribution in [0.25, 0.3) is 16.5 Å². The molecule has 3 aromatic carbocycles. The van der Waals surface area contributed by atoms with E-state index in [0.717, 1.165) is 11.6 Å². The molecule has 0 spiro atoms. The van der Waals surface area contributed by atoms with Crippen LogP contribution >= 0.6 is 0 Å². The first-order valence-electron chi connectivity index (χ1n) is 9.16. The van der Waals surface area contributed by atoms with E-state index < -0.39 is 20.8 Å². The quantitative estimate of drug-likeness (QED) is 0.311. The Bertz CT molecular complexity index is 1440. The van der Waals surface area contributed by atoms with Gasteiger partial charge in [-0.15, -0.1) is 10.2 Å². The summed E-state index contributed by atoms with van der Waals surface area (Å²) in [5, 5.41) is 33.8. The Kier molecular flexibility index (Phi) is 4.96. The summed E-state index contributed by atoms with van der Waals surface area (Å²) >= 11 is 0. The third-order valence-electron chi connectivity index (χ3n) is 4.77. The predicted molar refractivity (Wildman–Crippen MR) is 114 cm³/mol. The predicted octanol–water partition coefficient (Wildman–Crippen LogP) is 4.72. The minimum atomic E-state index is -4.57. The molecule has 0 atom stereocenters. The molecule has 4 aromatic rings. The number of rotatable bonds is 4. The maximum atomic E-state index is 11.7. The highest BCUT2D eigenvalue weighted by Gasteiger charge is 2.20. The SMILES string of the molecule is Cc1ccc(-n2nc(C)c(N=Nc3c(O)cc(S(=O)(=O)O)c4ccccc34)c2O)cc1. The summed E-state index contributed by atoms with van der Waals surface area (Å²) in [6, 6.07) is 14.5. The lowest BCUT2D eigenvalue weighted by Crippen LogP contribution is -1.99. The second kappa shape index (κ2) is 7.49. The number of hydrogen-bond donors (Lipinski definition) is 3. The second-order valence-electron chi connectivity index (χ2n) is 6.97. The zero-order valence-electron chi connectivity index (χ0n) is 16.6. The molecule has 1 heterocycles. The first-order valence-corrected chi connectivity index (χ1v) is 10.6. The zero-order valence-corrected chi connectivity index (χ0v) is 17.4. The number of phenols is 1. The van der Waals surface area contributed by atoms with Gasteiger partial charge in [0.25, 0.3) is 10.1 Å². The molecule has 0 saturated heterocycles. The standard InChI is InChI=1S/C21H18N4O5S/c1-12-7-9-14(10-8-12)25-21(27)19(13(2)24-25)22-23-20-16-6-4-3-5-15(16)18(11-17(20)26)31(28,29)30/h3-11,26-27H,1-2H3,(H,28,29,30). The number of hydrogen-bond acceptors (Lipinski definition) is 7. The summed E-state index contributed by atoms with van der Waals surface area (Å²) in [7, 11) is -4.57. The van der Waals surface area contributed by atoms with E-state index >= 15 is 0 Å². The smallest absolute Gasteiger partial charge is 0.295 e. The van der Waals surface area contributed by atoms with Gasteiger partial charge in [0.15, 0.2) is 5.69 Å². The van der Waals surface area contributed by atoms with Crippen molar-refractivity contribution in [3.8, 4) is 17.3 Å². The van der Waals surface area contributed by atoms with Crippen LogP contribution in [0.1, 0.15) is 11.3 Å². The average molecular weight is 438 g/mol. The number of aryl methyl sites for hydroxylation is 2. The van der Waals surface area contributed by atoms with Crippen molar-refractivity contribution >= 4 is 32.3 Å². The molecule has 1 aromatic heterocycles. The van der Waals surface area contributed by atoms with Gasteiger partial charge in [0.05, 0.1) is 11.4 Å². The van der Waals surface area contributed by atoms with E-state index in [0.29, 0.717) is 11.4 Å². The lowest BCUT2D eigenvalue weighted by atomic mass is 10.1. The fraction of sp³-hybridized carbons (Fsp3) is 0.0952. The van der Waals surface area contributed by atoms with Gasteiger partial charge in [-0.2, -0.15) is 18.2 Å². The minimum absolute atomic E-state index is 0.00936. The minimum Gasteiger partial charge on any atom is -0.506 e. The second-order valence-corrected chi connectivity index (χ2v) is 8.36. The highest BCUT2D eigenvalue weighted by molar-refractivity contribution is 7.86. The van der Waals surface area contributed by atoms with Gasteiger partial charge in [0, 0.05) is 16.8 Å². The van der Waals surface area contributed by atoms with Crippen LogP contribution in [0.5, 0.6) is 11.6 Å². The Morgan fingerprint density at radius 1 is 0.903 bits per heavy atom. The van der Waals surface area contributed by atoms with Crippen molar-refractivity contribution in [1.82, 2.24) is 9.78 Å². The zero-order chi connectivity index (χ0) is 22.3. The van der Waals surface area contributed by atoms with Gasteiger partial charge in [0.2, 0.25) is 5.88 Å². The molecule has 4 rings (SSSR count). The van der Waals surface area contributed by atoms with Crippen molar-refractivity contribution < 1.29 is 23.2 Å². The first kappa shape index (κ1) is 20.5. The number of phenolic OH excluding ortho intramolecular Hbond substituents is 1. The van der Waals surface area contributed by atoms with Crippen LogP contribution < -0.4 is 0 Å². The number of aromatic hydroxyl groups is 2. The van der Waals surface area contributed by atoms with Gasteiger partial charge < -0.3 is 10.2 Å².